The minimum Gasteiger partial charge on any atom is -0.283 e. The first-order valence-corrected chi connectivity index (χ1v) is 17.4. The molecule has 38 heavy (non-hydrogen) atoms. The van der Waals surface area contributed by atoms with E-state index in [2.05, 4.69) is 114 Å². The fourth-order valence-corrected chi connectivity index (χ4v) is 13.4. The van der Waals surface area contributed by atoms with Gasteiger partial charge in [-0.2, -0.15) is 15.3 Å². The molecular weight excluding hydrogens is 503 g/mol. The molecule has 0 unspecified atom stereocenters. The molecule has 0 atom stereocenters. The van der Waals surface area contributed by atoms with Crippen LogP contribution in [0.5, 0.6) is 0 Å². The van der Waals surface area contributed by atoms with Crippen LogP contribution in [0.1, 0.15) is 96.5 Å². The normalized spacial score (nSPS) is 12.4. The number of aromatic nitrogens is 6. The summed E-state index contributed by atoms with van der Waals surface area (Å²) >= 11 is -0.903. The van der Waals surface area contributed by atoms with E-state index in [0.717, 1.165) is 34.2 Å². The summed E-state index contributed by atoms with van der Waals surface area (Å²) in [4.78, 5) is 0. The Morgan fingerprint density at radius 1 is 0.500 bits per heavy atom. The average Bonchev–Trinajstić information content (AvgIpc) is 3.33. The second-order valence-corrected chi connectivity index (χ2v) is 18.9. The summed E-state index contributed by atoms with van der Waals surface area (Å²) in [6.07, 6.45) is 0. The zero-order valence-corrected chi connectivity index (χ0v) is 28.6. The maximum atomic E-state index is 4.39. The standard InChI is InChI=1S/C15H21BN6.3C5H11.Ti/c1-7-13(8(2)18-17-7)16(14-9(3)19-20-10(14)4)15-11(5)21-22-12(15)6;3*1-5(2,3)4;/h1-6H3,(H,17,18)(H,19,20)(H,21,22);3*1H2,2-4H3;. The minimum absolute atomic E-state index is 0.0799. The van der Waals surface area contributed by atoms with Crippen LogP contribution in [-0.4, -0.2) is 37.3 Å². The predicted molar refractivity (Wildman–Crippen MR) is 162 cm³/mol. The number of H-pyrrole nitrogens is 3. The topological polar surface area (TPSA) is 86.0 Å². The first kappa shape index (κ1) is 32.6. The molecule has 0 amide bonds. The molecule has 211 valence electrons. The first-order chi connectivity index (χ1) is 17.2. The summed E-state index contributed by atoms with van der Waals surface area (Å²) in [5, 5.41) is 22.5. The largest absolute Gasteiger partial charge is 0.283 e. The van der Waals surface area contributed by atoms with Crippen LogP contribution >= 0.6 is 0 Å². The van der Waals surface area contributed by atoms with Crippen LogP contribution in [0.3, 0.4) is 0 Å². The fourth-order valence-electron chi connectivity index (χ4n) is 5.83. The van der Waals surface area contributed by atoms with Crippen molar-refractivity contribution >= 4 is 23.1 Å². The van der Waals surface area contributed by atoms with Gasteiger partial charge in [-0.15, -0.1) is 0 Å². The molecule has 0 aliphatic rings. The Balaban J connectivity index is 0.000000284. The molecule has 8 heteroatoms. The third-order valence-electron chi connectivity index (χ3n) is 6.76. The van der Waals surface area contributed by atoms with Crippen molar-refractivity contribution in [1.82, 2.24) is 30.6 Å². The van der Waals surface area contributed by atoms with Gasteiger partial charge in [0, 0.05) is 17.1 Å². The van der Waals surface area contributed by atoms with Gasteiger partial charge in [-0.25, -0.2) is 0 Å². The summed E-state index contributed by atoms with van der Waals surface area (Å²) in [6.45, 7) is 34.1. The quantitative estimate of drug-likeness (QED) is 0.315. The molecule has 6 nitrogen and oxygen atoms in total. The summed E-state index contributed by atoms with van der Waals surface area (Å²) in [5.74, 6) is 0. The maximum Gasteiger partial charge on any atom is 0.255 e. The predicted octanol–water partition coefficient (Wildman–Crippen LogP) is 6.22. The fraction of sp³-hybridized carbons (Fsp3) is 0.700. The van der Waals surface area contributed by atoms with E-state index in [-0.39, 0.29) is 6.71 Å². The van der Waals surface area contributed by atoms with E-state index >= 15 is 0 Å². The zero-order valence-electron chi connectivity index (χ0n) is 27.0. The molecule has 0 saturated heterocycles. The van der Waals surface area contributed by atoms with Crippen LogP contribution in [-0.2, 0) is 17.9 Å². The number of hydrogen-bond acceptors (Lipinski definition) is 3. The van der Waals surface area contributed by atoms with Crippen molar-refractivity contribution in [3.63, 3.8) is 0 Å². The zero-order chi connectivity index (χ0) is 29.2. The Hall–Kier alpha value is -1.59. The third kappa shape index (κ3) is 9.26. The van der Waals surface area contributed by atoms with E-state index < -0.39 is 17.9 Å². The van der Waals surface area contributed by atoms with Crippen molar-refractivity contribution in [3.8, 4) is 0 Å². The number of aryl methyl sites for hydroxylation is 6. The van der Waals surface area contributed by atoms with E-state index in [4.69, 9.17) is 0 Å². The van der Waals surface area contributed by atoms with Crippen molar-refractivity contribution in [2.24, 2.45) is 16.2 Å². The molecule has 3 aromatic heterocycles. The minimum atomic E-state index is -0.903. The number of nitrogens with one attached hydrogen (secondary N) is 3. The van der Waals surface area contributed by atoms with Gasteiger partial charge < -0.3 is 0 Å². The van der Waals surface area contributed by atoms with Gasteiger partial charge in [0.25, 0.3) is 6.71 Å². The van der Waals surface area contributed by atoms with Crippen LogP contribution in [0.4, 0.5) is 0 Å². The summed E-state index contributed by atoms with van der Waals surface area (Å²) in [6, 6.07) is 0. The van der Waals surface area contributed by atoms with Gasteiger partial charge in [0.1, 0.15) is 0 Å². The van der Waals surface area contributed by atoms with E-state index in [1.165, 1.54) is 30.6 Å². The number of aromatic amines is 3. The molecule has 0 saturated carbocycles. The van der Waals surface area contributed by atoms with Crippen LogP contribution in [0.15, 0.2) is 0 Å². The van der Waals surface area contributed by atoms with E-state index in [1.807, 2.05) is 20.8 Å². The molecule has 3 N–H and O–H groups in total. The second-order valence-electron chi connectivity index (χ2n) is 14.9. The summed E-state index contributed by atoms with van der Waals surface area (Å²) in [5.41, 5.74) is 11.5. The summed E-state index contributed by atoms with van der Waals surface area (Å²) < 4.78 is 4.55. The van der Waals surface area contributed by atoms with E-state index in [1.54, 1.807) is 0 Å². The molecule has 0 spiro atoms. The van der Waals surface area contributed by atoms with Crippen molar-refractivity contribution in [1.29, 1.82) is 0 Å². The second kappa shape index (κ2) is 12.3. The Bertz CT molecular complexity index is 977. The molecule has 0 bridgehead atoms. The van der Waals surface area contributed by atoms with Crippen LogP contribution in [0, 0.1) is 57.8 Å². The molecular formula is C30H54BN6Ti. The van der Waals surface area contributed by atoms with Gasteiger partial charge in [0.15, 0.2) is 0 Å². The van der Waals surface area contributed by atoms with Crippen molar-refractivity contribution < 1.29 is 17.9 Å². The molecule has 3 heterocycles. The average molecular weight is 557 g/mol. The summed E-state index contributed by atoms with van der Waals surface area (Å²) in [7, 11) is 0. The molecule has 0 fully saturated rings. The van der Waals surface area contributed by atoms with Gasteiger partial charge in [-0.05, 0) is 57.9 Å². The SMILES string of the molecule is CC(C)(C)[CH2][Ti]([CH2]C(C)(C)C)[CH2]C(C)(C)C.Cc1n[nH]c(C)c1B(c1c(C)n[nH]c1C)c1c(C)n[nH]c1C. The molecule has 0 radical (unpaired) electrons. The first-order valence-electron chi connectivity index (χ1n) is 14.1. The number of rotatable bonds is 6. The van der Waals surface area contributed by atoms with Gasteiger partial charge in [-0.1, -0.05) is 0 Å². The van der Waals surface area contributed by atoms with Gasteiger partial charge in [-0.3, -0.25) is 15.3 Å². The Labute approximate surface area is 239 Å². The molecule has 0 aliphatic carbocycles. The number of hydrogen-bond donors (Lipinski definition) is 3. The smallest absolute Gasteiger partial charge is 0.255 e. The molecule has 0 aromatic carbocycles. The van der Waals surface area contributed by atoms with Crippen molar-refractivity contribution in [3.05, 3.63) is 34.2 Å². The Morgan fingerprint density at radius 3 is 0.895 bits per heavy atom. The van der Waals surface area contributed by atoms with Crippen LogP contribution in [0.2, 0.25) is 14.2 Å². The third-order valence-corrected chi connectivity index (χ3v) is 14.1. The van der Waals surface area contributed by atoms with Crippen LogP contribution in [0.25, 0.3) is 0 Å². The molecule has 3 aromatic rings. The van der Waals surface area contributed by atoms with Crippen LogP contribution < -0.4 is 16.4 Å². The molecule has 3 rings (SSSR count). The monoisotopic (exact) mass is 557 g/mol. The van der Waals surface area contributed by atoms with E-state index in [0.29, 0.717) is 16.2 Å². The van der Waals surface area contributed by atoms with Crippen molar-refractivity contribution in [2.45, 2.75) is 118 Å². The van der Waals surface area contributed by atoms with Gasteiger partial charge in [0.2, 0.25) is 0 Å². The van der Waals surface area contributed by atoms with Crippen molar-refractivity contribution in [2.75, 3.05) is 0 Å². The van der Waals surface area contributed by atoms with E-state index in [9.17, 15) is 0 Å². The Morgan fingerprint density at radius 2 is 0.737 bits per heavy atom. The Kier molecular flexibility index (Phi) is 10.5. The number of nitrogens with zero attached hydrogens (tertiary/aromatic N) is 3. The van der Waals surface area contributed by atoms with Gasteiger partial charge >= 0.3 is 111 Å². The molecule has 0 aliphatic heterocycles. The van der Waals surface area contributed by atoms with Gasteiger partial charge in [0.05, 0.1) is 17.1 Å². The maximum absolute atomic E-state index is 4.39.